The van der Waals surface area contributed by atoms with Gasteiger partial charge in [-0.15, -0.1) is 10.2 Å². The molecule has 0 bridgehead atoms. The number of fused-ring (bicyclic) bond motifs is 1. The van der Waals surface area contributed by atoms with Crippen molar-refractivity contribution in [1.82, 2.24) is 24.5 Å². The quantitative estimate of drug-likeness (QED) is 0.543. The highest BCUT2D eigenvalue weighted by Gasteiger charge is 2.22. The molecule has 0 N–H and O–H groups in total. The van der Waals surface area contributed by atoms with Crippen LogP contribution in [0.25, 0.3) is 17.2 Å². The second-order valence-corrected chi connectivity index (χ2v) is 7.01. The predicted molar refractivity (Wildman–Crippen MR) is 111 cm³/mol. The number of hydrogen-bond donors (Lipinski definition) is 0. The van der Waals surface area contributed by atoms with Crippen LogP contribution < -0.4 is 4.90 Å². The number of carbonyl (C=O) groups is 1. The molecule has 1 aliphatic rings. The molecule has 2 aromatic carbocycles. The lowest BCUT2D eigenvalue weighted by molar-refractivity contribution is 0.0747. The van der Waals surface area contributed by atoms with Gasteiger partial charge in [-0.25, -0.2) is 4.98 Å². The first kappa shape index (κ1) is 17.4. The number of para-hydroxylation sites is 1. The lowest BCUT2D eigenvalue weighted by Gasteiger charge is -2.36. The lowest BCUT2D eigenvalue weighted by Crippen LogP contribution is -2.48. The number of amides is 1. The van der Waals surface area contributed by atoms with Crippen LogP contribution in [0.5, 0.6) is 0 Å². The van der Waals surface area contributed by atoms with Gasteiger partial charge in [0.05, 0.1) is 0 Å². The summed E-state index contributed by atoms with van der Waals surface area (Å²) in [5.74, 6) is 1.33. The molecule has 2 aromatic heterocycles. The smallest absolute Gasteiger partial charge is 0.255 e. The molecule has 0 atom stereocenters. The normalized spacial score (nSPS) is 14.3. The maximum Gasteiger partial charge on any atom is 0.255 e. The molecular weight excluding hydrogens is 364 g/mol. The molecule has 0 spiro atoms. The highest BCUT2D eigenvalue weighted by atomic mass is 16.2. The first-order valence-corrected chi connectivity index (χ1v) is 9.65. The Kier molecular flexibility index (Phi) is 4.40. The molecule has 7 heteroatoms. The summed E-state index contributed by atoms with van der Waals surface area (Å²) in [6, 6.07) is 19.7. The first-order chi connectivity index (χ1) is 14.3. The molecule has 29 heavy (non-hydrogen) atoms. The van der Waals surface area contributed by atoms with Crippen molar-refractivity contribution >= 4 is 17.4 Å². The number of hydrogen-bond acceptors (Lipinski definition) is 5. The van der Waals surface area contributed by atoms with E-state index in [1.54, 1.807) is 6.20 Å². The number of carbonyl (C=O) groups excluding carboxylic acids is 1. The van der Waals surface area contributed by atoms with Gasteiger partial charge >= 0.3 is 0 Å². The largest absolute Gasteiger partial charge is 0.368 e. The van der Waals surface area contributed by atoms with Gasteiger partial charge in [-0.1, -0.05) is 30.3 Å². The van der Waals surface area contributed by atoms with Crippen LogP contribution in [0.3, 0.4) is 0 Å². The summed E-state index contributed by atoms with van der Waals surface area (Å²) in [5.41, 5.74) is 2.80. The van der Waals surface area contributed by atoms with Crippen molar-refractivity contribution in [3.05, 3.63) is 78.6 Å². The zero-order chi connectivity index (χ0) is 19.6. The Bertz CT molecular complexity index is 1130. The minimum Gasteiger partial charge on any atom is -0.368 e. The molecule has 1 amide bonds. The minimum absolute atomic E-state index is 0.0667. The zero-order valence-corrected chi connectivity index (χ0v) is 15.8. The van der Waals surface area contributed by atoms with Crippen molar-refractivity contribution in [3.63, 3.8) is 0 Å². The molecule has 144 valence electrons. The first-order valence-electron chi connectivity index (χ1n) is 9.65. The predicted octanol–water partition coefficient (Wildman–Crippen LogP) is 2.75. The number of aromatic nitrogens is 4. The molecule has 4 aromatic rings. The van der Waals surface area contributed by atoms with Gasteiger partial charge in [0.25, 0.3) is 11.7 Å². The third-order valence-corrected chi connectivity index (χ3v) is 5.27. The summed E-state index contributed by atoms with van der Waals surface area (Å²) in [6.45, 7) is 3.12. The van der Waals surface area contributed by atoms with E-state index in [1.807, 2.05) is 64.0 Å². The van der Waals surface area contributed by atoms with Crippen LogP contribution in [0.15, 0.2) is 73.1 Å². The van der Waals surface area contributed by atoms with Crippen LogP contribution >= 0.6 is 0 Å². The highest BCUT2D eigenvalue weighted by Crippen LogP contribution is 2.20. The van der Waals surface area contributed by atoms with Crippen LogP contribution in [0, 0.1) is 0 Å². The summed E-state index contributed by atoms with van der Waals surface area (Å²) in [4.78, 5) is 21.3. The Morgan fingerprint density at radius 3 is 2.34 bits per heavy atom. The van der Waals surface area contributed by atoms with Crippen molar-refractivity contribution in [2.45, 2.75) is 0 Å². The van der Waals surface area contributed by atoms with Crippen LogP contribution in [-0.2, 0) is 0 Å². The number of benzene rings is 2. The Balaban J connectivity index is 1.29. The monoisotopic (exact) mass is 384 g/mol. The van der Waals surface area contributed by atoms with Crippen molar-refractivity contribution in [2.24, 2.45) is 0 Å². The standard InChI is InChI=1S/C22H20N6O/c29-21(27-15-13-26(14-16-27)19-5-2-1-3-6-19)18-9-7-17(8-10-18)20-24-25-22-23-11-4-12-28(20)22/h1-12H,13-16H2. The van der Waals surface area contributed by atoms with Gasteiger partial charge in [0.2, 0.25) is 0 Å². The number of rotatable bonds is 3. The molecule has 3 heterocycles. The average molecular weight is 384 g/mol. The van der Waals surface area contributed by atoms with Crippen LogP contribution in [0.4, 0.5) is 5.69 Å². The molecule has 0 saturated carbocycles. The second kappa shape index (κ2) is 7.35. The van der Waals surface area contributed by atoms with Gasteiger partial charge in [0.1, 0.15) is 0 Å². The maximum atomic E-state index is 12.9. The van der Waals surface area contributed by atoms with Gasteiger partial charge in [0, 0.05) is 55.4 Å². The molecular formula is C22H20N6O. The fraction of sp³-hybridized carbons (Fsp3) is 0.182. The molecule has 5 rings (SSSR count). The highest BCUT2D eigenvalue weighted by molar-refractivity contribution is 5.94. The Hall–Kier alpha value is -3.74. The van der Waals surface area contributed by atoms with Crippen molar-refractivity contribution in [1.29, 1.82) is 0 Å². The molecule has 1 aliphatic heterocycles. The van der Waals surface area contributed by atoms with E-state index in [-0.39, 0.29) is 5.91 Å². The van der Waals surface area contributed by atoms with Crippen molar-refractivity contribution < 1.29 is 4.79 Å². The third-order valence-electron chi connectivity index (χ3n) is 5.27. The van der Waals surface area contributed by atoms with Crippen molar-refractivity contribution in [2.75, 3.05) is 31.1 Å². The van der Waals surface area contributed by atoms with Gasteiger partial charge in [-0.2, -0.15) is 0 Å². The van der Waals surface area contributed by atoms with Crippen LogP contribution in [0.1, 0.15) is 10.4 Å². The van der Waals surface area contributed by atoms with E-state index in [0.29, 0.717) is 17.2 Å². The molecule has 0 radical (unpaired) electrons. The fourth-order valence-corrected chi connectivity index (χ4v) is 3.69. The average Bonchev–Trinajstić information content (AvgIpc) is 3.24. The molecule has 1 fully saturated rings. The Labute approximate surface area is 168 Å². The van der Waals surface area contributed by atoms with Gasteiger partial charge in [-0.3, -0.25) is 9.20 Å². The Morgan fingerprint density at radius 2 is 1.59 bits per heavy atom. The summed E-state index contributed by atoms with van der Waals surface area (Å²) in [6.07, 6.45) is 3.57. The number of nitrogens with zero attached hydrogens (tertiary/aromatic N) is 6. The van der Waals surface area contributed by atoms with E-state index < -0.39 is 0 Å². The molecule has 0 aliphatic carbocycles. The van der Waals surface area contributed by atoms with E-state index in [2.05, 4.69) is 32.2 Å². The van der Waals surface area contributed by atoms with Crippen molar-refractivity contribution in [3.8, 4) is 11.4 Å². The van der Waals surface area contributed by atoms with E-state index in [0.717, 1.165) is 31.7 Å². The Morgan fingerprint density at radius 1 is 0.828 bits per heavy atom. The summed E-state index contributed by atoms with van der Waals surface area (Å²) >= 11 is 0. The van der Waals surface area contributed by atoms with E-state index >= 15 is 0 Å². The van der Waals surface area contributed by atoms with Gasteiger partial charge in [-0.05, 0) is 30.3 Å². The summed E-state index contributed by atoms with van der Waals surface area (Å²) in [5, 5.41) is 8.30. The topological polar surface area (TPSA) is 66.6 Å². The zero-order valence-electron chi connectivity index (χ0n) is 15.8. The maximum absolute atomic E-state index is 12.9. The van der Waals surface area contributed by atoms with E-state index in [1.165, 1.54) is 5.69 Å². The molecule has 1 saturated heterocycles. The summed E-state index contributed by atoms with van der Waals surface area (Å²) < 4.78 is 1.83. The fourth-order valence-electron chi connectivity index (χ4n) is 3.69. The molecule has 7 nitrogen and oxygen atoms in total. The SMILES string of the molecule is O=C(c1ccc(-c2nnc3ncccn23)cc1)N1CCN(c2ccccc2)CC1. The number of anilines is 1. The van der Waals surface area contributed by atoms with Crippen LogP contribution in [0.2, 0.25) is 0 Å². The van der Waals surface area contributed by atoms with E-state index in [9.17, 15) is 4.79 Å². The van der Waals surface area contributed by atoms with Gasteiger partial charge < -0.3 is 9.80 Å². The second-order valence-electron chi connectivity index (χ2n) is 7.01. The minimum atomic E-state index is 0.0667. The third kappa shape index (κ3) is 3.31. The summed E-state index contributed by atoms with van der Waals surface area (Å²) in [7, 11) is 0. The van der Waals surface area contributed by atoms with Crippen LogP contribution in [-0.4, -0.2) is 56.6 Å². The van der Waals surface area contributed by atoms with E-state index in [4.69, 9.17) is 0 Å². The lowest BCUT2D eigenvalue weighted by atomic mass is 10.1. The molecule has 0 unspecified atom stereocenters. The van der Waals surface area contributed by atoms with Gasteiger partial charge in [0.15, 0.2) is 5.82 Å². The number of piperazine rings is 1.